The van der Waals surface area contributed by atoms with Crippen LogP contribution in [0.4, 0.5) is 5.69 Å². The molecule has 1 aliphatic rings. The molecule has 72 valence electrons. The normalized spacial score (nSPS) is 19.0. The predicted octanol–water partition coefficient (Wildman–Crippen LogP) is 2.66. The molecule has 2 rings (SSSR count). The molecular weight excluding hydrogens is 172 g/mol. The standard InChI is InChI=1S/C12H14N2/c1-2-5-11(6-3-1)14-10-8-12-7-4-9-13-12/h1-3,5-6,8,10,13H,4,7,9H2. The van der Waals surface area contributed by atoms with Crippen molar-refractivity contribution in [3.63, 3.8) is 0 Å². The van der Waals surface area contributed by atoms with Gasteiger partial charge in [0.2, 0.25) is 0 Å². The molecule has 0 atom stereocenters. The van der Waals surface area contributed by atoms with Crippen LogP contribution >= 0.6 is 0 Å². The van der Waals surface area contributed by atoms with Crippen LogP contribution in [-0.2, 0) is 0 Å². The number of rotatable bonds is 2. The monoisotopic (exact) mass is 186 g/mol. The van der Waals surface area contributed by atoms with E-state index in [-0.39, 0.29) is 0 Å². The zero-order valence-electron chi connectivity index (χ0n) is 8.11. The highest BCUT2D eigenvalue weighted by Gasteiger charge is 2.02. The molecule has 1 aromatic carbocycles. The van der Waals surface area contributed by atoms with Gasteiger partial charge >= 0.3 is 0 Å². The lowest BCUT2D eigenvalue weighted by Crippen LogP contribution is -2.03. The number of aliphatic imine (C=N–C) groups is 1. The molecule has 14 heavy (non-hydrogen) atoms. The topological polar surface area (TPSA) is 24.4 Å². The van der Waals surface area contributed by atoms with Crippen molar-refractivity contribution < 1.29 is 0 Å². The summed E-state index contributed by atoms with van der Waals surface area (Å²) in [4.78, 5) is 4.33. The lowest BCUT2D eigenvalue weighted by atomic mass is 10.3. The van der Waals surface area contributed by atoms with Crippen LogP contribution in [0.3, 0.4) is 0 Å². The highest BCUT2D eigenvalue weighted by atomic mass is 14.9. The molecule has 1 fully saturated rings. The molecule has 0 amide bonds. The Hall–Kier alpha value is -1.57. The van der Waals surface area contributed by atoms with Crippen molar-refractivity contribution in [2.45, 2.75) is 12.8 Å². The maximum absolute atomic E-state index is 4.33. The van der Waals surface area contributed by atoms with Gasteiger partial charge in [-0.05, 0) is 31.1 Å². The second-order valence-corrected chi connectivity index (χ2v) is 3.34. The minimum atomic E-state index is 1.00. The molecule has 0 radical (unpaired) electrons. The molecular formula is C12H14N2. The van der Waals surface area contributed by atoms with Crippen molar-refractivity contribution >= 4 is 11.9 Å². The summed E-state index contributed by atoms with van der Waals surface area (Å²) in [5.41, 5.74) is 2.30. The number of allylic oxidation sites excluding steroid dienone is 2. The van der Waals surface area contributed by atoms with E-state index >= 15 is 0 Å². The summed E-state index contributed by atoms with van der Waals surface area (Å²) in [6, 6.07) is 9.98. The summed E-state index contributed by atoms with van der Waals surface area (Å²) < 4.78 is 0. The molecule has 1 aromatic rings. The van der Waals surface area contributed by atoms with Gasteiger partial charge in [0.1, 0.15) is 0 Å². The maximum atomic E-state index is 4.33. The second kappa shape index (κ2) is 4.61. The molecule has 0 unspecified atom stereocenters. The van der Waals surface area contributed by atoms with Gasteiger partial charge < -0.3 is 5.32 Å². The van der Waals surface area contributed by atoms with Gasteiger partial charge in [0.05, 0.1) is 5.69 Å². The Morgan fingerprint density at radius 1 is 1.21 bits per heavy atom. The number of hydrogen-bond donors (Lipinski definition) is 1. The van der Waals surface area contributed by atoms with Crippen LogP contribution < -0.4 is 5.32 Å². The van der Waals surface area contributed by atoms with Gasteiger partial charge in [-0.15, -0.1) is 0 Å². The number of hydrogen-bond acceptors (Lipinski definition) is 2. The van der Waals surface area contributed by atoms with E-state index in [1.54, 1.807) is 0 Å². The van der Waals surface area contributed by atoms with Crippen molar-refractivity contribution in [2.24, 2.45) is 4.99 Å². The Morgan fingerprint density at radius 3 is 2.79 bits per heavy atom. The smallest absolute Gasteiger partial charge is 0.0629 e. The third-order valence-electron chi connectivity index (χ3n) is 2.23. The zero-order chi connectivity index (χ0) is 9.64. The highest BCUT2D eigenvalue weighted by molar-refractivity contribution is 5.75. The quantitative estimate of drug-likeness (QED) is 0.705. The van der Waals surface area contributed by atoms with Gasteiger partial charge in [0, 0.05) is 18.5 Å². The Morgan fingerprint density at radius 2 is 2.07 bits per heavy atom. The average Bonchev–Trinajstić information content (AvgIpc) is 2.72. The first-order valence-electron chi connectivity index (χ1n) is 4.97. The maximum Gasteiger partial charge on any atom is 0.0629 e. The fourth-order valence-electron chi connectivity index (χ4n) is 1.49. The molecule has 0 spiro atoms. The van der Waals surface area contributed by atoms with Crippen LogP contribution in [-0.4, -0.2) is 12.8 Å². The summed E-state index contributed by atoms with van der Waals surface area (Å²) in [6.07, 6.45) is 6.31. The number of para-hydroxylation sites is 1. The zero-order valence-corrected chi connectivity index (χ0v) is 8.11. The molecule has 2 heteroatoms. The van der Waals surface area contributed by atoms with E-state index in [1.807, 2.05) is 36.5 Å². The Bertz CT molecular complexity index is 331. The van der Waals surface area contributed by atoms with E-state index in [0.717, 1.165) is 18.7 Å². The minimum Gasteiger partial charge on any atom is -0.388 e. The molecule has 1 N–H and O–H groups in total. The first-order chi connectivity index (χ1) is 6.95. The van der Waals surface area contributed by atoms with Gasteiger partial charge in [0.15, 0.2) is 0 Å². The van der Waals surface area contributed by atoms with Crippen LogP contribution in [0.1, 0.15) is 12.8 Å². The molecule has 1 saturated heterocycles. The van der Waals surface area contributed by atoms with E-state index in [0.29, 0.717) is 0 Å². The summed E-state index contributed by atoms with van der Waals surface area (Å²) in [5, 5.41) is 3.31. The first-order valence-corrected chi connectivity index (χ1v) is 4.97. The lowest BCUT2D eigenvalue weighted by Gasteiger charge is -1.93. The summed E-state index contributed by atoms with van der Waals surface area (Å²) >= 11 is 0. The first kappa shape index (κ1) is 9.00. The summed E-state index contributed by atoms with van der Waals surface area (Å²) in [7, 11) is 0. The fourth-order valence-corrected chi connectivity index (χ4v) is 1.49. The highest BCUT2D eigenvalue weighted by Crippen LogP contribution is 2.10. The third-order valence-corrected chi connectivity index (χ3v) is 2.23. The molecule has 2 nitrogen and oxygen atoms in total. The van der Waals surface area contributed by atoms with Crippen molar-refractivity contribution in [1.29, 1.82) is 0 Å². The molecule has 0 aliphatic carbocycles. The summed E-state index contributed by atoms with van der Waals surface area (Å²) in [6.45, 7) is 1.10. The van der Waals surface area contributed by atoms with Crippen molar-refractivity contribution in [3.8, 4) is 0 Å². The largest absolute Gasteiger partial charge is 0.388 e. The van der Waals surface area contributed by atoms with Crippen molar-refractivity contribution in [2.75, 3.05) is 6.54 Å². The van der Waals surface area contributed by atoms with Crippen LogP contribution in [0, 0.1) is 0 Å². The molecule has 1 aliphatic heterocycles. The molecule has 0 saturated carbocycles. The summed E-state index contributed by atoms with van der Waals surface area (Å²) in [5.74, 6) is 0. The van der Waals surface area contributed by atoms with Gasteiger partial charge in [-0.25, -0.2) is 0 Å². The van der Waals surface area contributed by atoms with E-state index < -0.39 is 0 Å². The van der Waals surface area contributed by atoms with Gasteiger partial charge in [-0.3, -0.25) is 4.99 Å². The molecule has 0 aromatic heterocycles. The predicted molar refractivity (Wildman–Crippen MR) is 59.9 cm³/mol. The SMILES string of the molecule is C(C=C1CCCN1)=Nc1ccccc1. The number of benzene rings is 1. The Labute approximate surface area is 84.4 Å². The molecule has 0 bridgehead atoms. The van der Waals surface area contributed by atoms with Crippen molar-refractivity contribution in [3.05, 3.63) is 42.1 Å². The minimum absolute atomic E-state index is 1.00. The second-order valence-electron chi connectivity index (χ2n) is 3.34. The van der Waals surface area contributed by atoms with Gasteiger partial charge in [-0.1, -0.05) is 18.2 Å². The van der Waals surface area contributed by atoms with Crippen LogP contribution in [0.2, 0.25) is 0 Å². The van der Waals surface area contributed by atoms with Crippen LogP contribution in [0.15, 0.2) is 47.1 Å². The van der Waals surface area contributed by atoms with E-state index in [9.17, 15) is 0 Å². The van der Waals surface area contributed by atoms with E-state index in [2.05, 4.69) is 16.4 Å². The number of nitrogens with zero attached hydrogens (tertiary/aromatic N) is 1. The molecule has 1 heterocycles. The Balaban J connectivity index is 1.97. The van der Waals surface area contributed by atoms with Crippen LogP contribution in [0.25, 0.3) is 0 Å². The number of nitrogens with one attached hydrogen (secondary N) is 1. The van der Waals surface area contributed by atoms with Gasteiger partial charge in [0.25, 0.3) is 0 Å². The van der Waals surface area contributed by atoms with Crippen molar-refractivity contribution in [1.82, 2.24) is 5.32 Å². The third kappa shape index (κ3) is 2.46. The van der Waals surface area contributed by atoms with Crippen LogP contribution in [0.5, 0.6) is 0 Å². The fraction of sp³-hybridized carbons (Fsp3) is 0.250. The van der Waals surface area contributed by atoms with E-state index in [1.165, 1.54) is 12.1 Å². The lowest BCUT2D eigenvalue weighted by molar-refractivity contribution is 0.904. The van der Waals surface area contributed by atoms with E-state index in [4.69, 9.17) is 0 Å². The Kier molecular flexibility index (Phi) is 2.96. The average molecular weight is 186 g/mol. The van der Waals surface area contributed by atoms with Gasteiger partial charge in [-0.2, -0.15) is 0 Å².